The Balaban J connectivity index is 2.20. The van der Waals surface area contributed by atoms with Gasteiger partial charge in [0.2, 0.25) is 0 Å². The Morgan fingerprint density at radius 2 is 2.10 bits per heavy atom. The molecule has 0 bridgehead atoms. The molecule has 0 atom stereocenters. The second kappa shape index (κ2) is 6.14. The highest BCUT2D eigenvalue weighted by Crippen LogP contribution is 2.13. The van der Waals surface area contributed by atoms with Crippen LogP contribution in [0.15, 0.2) is 36.5 Å². The molecular formula is C15H18N4O. The van der Waals surface area contributed by atoms with Crippen molar-refractivity contribution in [2.24, 2.45) is 0 Å². The largest absolute Gasteiger partial charge is 0.383 e. The Morgan fingerprint density at radius 3 is 2.75 bits per heavy atom. The summed E-state index contributed by atoms with van der Waals surface area (Å²) in [6.45, 7) is 4.91. The number of rotatable bonds is 4. The van der Waals surface area contributed by atoms with Gasteiger partial charge in [-0.05, 0) is 38.1 Å². The molecule has 2 aromatic rings. The molecule has 0 saturated carbocycles. The first kappa shape index (κ1) is 14.0. The lowest BCUT2D eigenvalue weighted by molar-refractivity contribution is 0.0751. The van der Waals surface area contributed by atoms with Gasteiger partial charge in [0.25, 0.3) is 5.91 Å². The fraction of sp³-hybridized carbons (Fsp3) is 0.267. The number of carbonyl (C=O) groups excluding carboxylic acids is 1. The molecule has 0 aliphatic carbocycles. The second-order valence-corrected chi connectivity index (χ2v) is 4.53. The van der Waals surface area contributed by atoms with Crippen LogP contribution in [0.3, 0.4) is 0 Å². The van der Waals surface area contributed by atoms with Crippen LogP contribution >= 0.6 is 0 Å². The van der Waals surface area contributed by atoms with E-state index in [1.54, 1.807) is 23.2 Å². The van der Waals surface area contributed by atoms with Crippen molar-refractivity contribution in [1.82, 2.24) is 14.9 Å². The number of aryl methyl sites for hydroxylation is 1. The summed E-state index contributed by atoms with van der Waals surface area (Å²) in [6.07, 6.45) is 1.57. The van der Waals surface area contributed by atoms with Crippen LogP contribution in [0, 0.1) is 6.92 Å². The van der Waals surface area contributed by atoms with Crippen LogP contribution in [0.5, 0.6) is 0 Å². The molecular weight excluding hydrogens is 252 g/mol. The highest BCUT2D eigenvalue weighted by Gasteiger charge is 2.17. The van der Waals surface area contributed by atoms with E-state index in [1.807, 2.05) is 32.0 Å². The summed E-state index contributed by atoms with van der Waals surface area (Å²) in [7, 11) is 0. The monoisotopic (exact) mass is 270 g/mol. The molecule has 2 N–H and O–H groups in total. The lowest BCUT2D eigenvalue weighted by Crippen LogP contribution is -2.31. The molecule has 0 aliphatic heterocycles. The van der Waals surface area contributed by atoms with E-state index in [9.17, 15) is 4.79 Å². The number of amides is 1. The van der Waals surface area contributed by atoms with Gasteiger partial charge in [-0.2, -0.15) is 0 Å². The lowest BCUT2D eigenvalue weighted by Gasteiger charge is -2.21. The second-order valence-electron chi connectivity index (χ2n) is 4.53. The summed E-state index contributed by atoms with van der Waals surface area (Å²) < 4.78 is 0. The molecule has 20 heavy (non-hydrogen) atoms. The Bertz CT molecular complexity index is 612. The van der Waals surface area contributed by atoms with Gasteiger partial charge in [0.05, 0.1) is 17.8 Å². The number of hydrogen-bond donors (Lipinski definition) is 1. The zero-order valence-corrected chi connectivity index (χ0v) is 11.7. The molecule has 5 heteroatoms. The van der Waals surface area contributed by atoms with E-state index in [0.29, 0.717) is 18.7 Å². The van der Waals surface area contributed by atoms with Crippen LogP contribution in [-0.4, -0.2) is 27.3 Å². The maximum absolute atomic E-state index is 12.5. The fourth-order valence-corrected chi connectivity index (χ4v) is 1.98. The first-order valence-corrected chi connectivity index (χ1v) is 6.54. The number of anilines is 1. The van der Waals surface area contributed by atoms with Crippen molar-refractivity contribution in [2.75, 3.05) is 12.3 Å². The molecule has 0 aromatic carbocycles. The summed E-state index contributed by atoms with van der Waals surface area (Å²) in [4.78, 5) is 22.5. The van der Waals surface area contributed by atoms with Crippen molar-refractivity contribution in [3.8, 4) is 0 Å². The minimum Gasteiger partial charge on any atom is -0.383 e. The minimum atomic E-state index is -0.124. The Labute approximate surface area is 118 Å². The minimum absolute atomic E-state index is 0.124. The number of pyridine rings is 2. The number of nitrogens with zero attached hydrogens (tertiary/aromatic N) is 3. The fourth-order valence-electron chi connectivity index (χ4n) is 1.98. The molecule has 2 heterocycles. The van der Waals surface area contributed by atoms with Gasteiger partial charge >= 0.3 is 0 Å². The first-order chi connectivity index (χ1) is 9.61. The van der Waals surface area contributed by atoms with Crippen molar-refractivity contribution >= 4 is 11.7 Å². The van der Waals surface area contributed by atoms with E-state index < -0.39 is 0 Å². The van der Waals surface area contributed by atoms with Crippen LogP contribution in [0.4, 0.5) is 5.82 Å². The normalized spacial score (nSPS) is 10.3. The smallest absolute Gasteiger partial charge is 0.257 e. The molecule has 0 radical (unpaired) electrons. The number of aromatic nitrogens is 2. The van der Waals surface area contributed by atoms with Gasteiger partial charge in [0.15, 0.2) is 0 Å². The SMILES string of the molecule is CCN(Cc1cccc(C)n1)C(=O)c1cccnc1N. The summed E-state index contributed by atoms with van der Waals surface area (Å²) in [6, 6.07) is 9.18. The molecule has 0 saturated heterocycles. The van der Waals surface area contributed by atoms with E-state index in [2.05, 4.69) is 9.97 Å². The van der Waals surface area contributed by atoms with E-state index in [4.69, 9.17) is 5.73 Å². The van der Waals surface area contributed by atoms with Gasteiger partial charge in [-0.3, -0.25) is 9.78 Å². The van der Waals surface area contributed by atoms with Crippen molar-refractivity contribution in [3.63, 3.8) is 0 Å². The topological polar surface area (TPSA) is 72.1 Å². The van der Waals surface area contributed by atoms with Crippen LogP contribution in [0.1, 0.15) is 28.7 Å². The summed E-state index contributed by atoms with van der Waals surface area (Å²) in [5, 5.41) is 0. The first-order valence-electron chi connectivity index (χ1n) is 6.54. The quantitative estimate of drug-likeness (QED) is 0.922. The van der Waals surface area contributed by atoms with E-state index in [-0.39, 0.29) is 11.7 Å². The van der Waals surface area contributed by atoms with Gasteiger partial charge in [0.1, 0.15) is 5.82 Å². The number of nitrogens with two attached hydrogens (primary N) is 1. The van der Waals surface area contributed by atoms with E-state index in [0.717, 1.165) is 11.4 Å². The summed E-state index contributed by atoms with van der Waals surface area (Å²) in [5.41, 5.74) is 7.99. The standard InChI is InChI=1S/C15H18N4O/c1-3-19(10-12-7-4-6-11(2)18-12)15(20)13-8-5-9-17-14(13)16/h4-9H,3,10H2,1-2H3,(H2,16,17). The Hall–Kier alpha value is -2.43. The van der Waals surface area contributed by atoms with Crippen LogP contribution in [-0.2, 0) is 6.54 Å². The predicted molar refractivity (Wildman–Crippen MR) is 78.0 cm³/mol. The molecule has 0 aliphatic rings. The highest BCUT2D eigenvalue weighted by molar-refractivity contribution is 5.98. The van der Waals surface area contributed by atoms with Crippen molar-refractivity contribution in [3.05, 3.63) is 53.5 Å². The third-order valence-electron chi connectivity index (χ3n) is 3.04. The number of carbonyl (C=O) groups is 1. The van der Waals surface area contributed by atoms with Gasteiger partial charge in [-0.15, -0.1) is 0 Å². The zero-order chi connectivity index (χ0) is 14.5. The molecule has 0 spiro atoms. The van der Waals surface area contributed by atoms with Crippen molar-refractivity contribution in [1.29, 1.82) is 0 Å². The average Bonchev–Trinajstić information content (AvgIpc) is 2.44. The lowest BCUT2D eigenvalue weighted by atomic mass is 10.2. The summed E-state index contributed by atoms with van der Waals surface area (Å²) in [5.74, 6) is 0.134. The van der Waals surface area contributed by atoms with Gasteiger partial charge in [-0.25, -0.2) is 4.98 Å². The zero-order valence-electron chi connectivity index (χ0n) is 11.7. The maximum Gasteiger partial charge on any atom is 0.257 e. The molecule has 1 amide bonds. The molecule has 2 rings (SSSR count). The number of nitrogen functional groups attached to an aromatic ring is 1. The highest BCUT2D eigenvalue weighted by atomic mass is 16.2. The molecule has 0 fully saturated rings. The van der Waals surface area contributed by atoms with Crippen molar-refractivity contribution < 1.29 is 4.79 Å². The number of hydrogen-bond acceptors (Lipinski definition) is 4. The average molecular weight is 270 g/mol. The molecule has 2 aromatic heterocycles. The van der Waals surface area contributed by atoms with E-state index in [1.165, 1.54) is 0 Å². The van der Waals surface area contributed by atoms with Gasteiger partial charge in [0, 0.05) is 18.4 Å². The van der Waals surface area contributed by atoms with Crippen LogP contribution in [0.2, 0.25) is 0 Å². The molecule has 0 unspecified atom stereocenters. The molecule has 104 valence electrons. The third-order valence-corrected chi connectivity index (χ3v) is 3.04. The predicted octanol–water partition coefficient (Wildman–Crippen LogP) is 2.03. The van der Waals surface area contributed by atoms with Crippen LogP contribution in [0.25, 0.3) is 0 Å². The maximum atomic E-state index is 12.5. The van der Waals surface area contributed by atoms with Crippen LogP contribution < -0.4 is 5.73 Å². The van der Waals surface area contributed by atoms with Gasteiger partial charge in [-0.1, -0.05) is 6.07 Å². The third kappa shape index (κ3) is 3.12. The van der Waals surface area contributed by atoms with Crippen molar-refractivity contribution in [2.45, 2.75) is 20.4 Å². The van der Waals surface area contributed by atoms with E-state index >= 15 is 0 Å². The Kier molecular flexibility index (Phi) is 4.30. The Morgan fingerprint density at radius 1 is 1.30 bits per heavy atom. The summed E-state index contributed by atoms with van der Waals surface area (Å²) >= 11 is 0. The molecule has 5 nitrogen and oxygen atoms in total. The van der Waals surface area contributed by atoms with Gasteiger partial charge < -0.3 is 10.6 Å².